The minimum absolute atomic E-state index is 0.0426. The molecule has 5 nitrogen and oxygen atoms in total. The monoisotopic (exact) mass is 418 g/mol. The zero-order chi connectivity index (χ0) is 19.7. The normalized spacial score (nSPS) is 14.5. The van der Waals surface area contributed by atoms with Crippen LogP contribution >= 0.6 is 22.9 Å². The molecule has 1 aliphatic heterocycles. The van der Waals surface area contributed by atoms with Gasteiger partial charge in [-0.1, -0.05) is 41.1 Å². The van der Waals surface area contributed by atoms with Gasteiger partial charge in [0.1, 0.15) is 11.3 Å². The molecule has 1 aromatic heterocycles. The molecule has 3 aromatic rings. The number of hydrogen-bond donors (Lipinski definition) is 0. The fourth-order valence-corrected chi connectivity index (χ4v) is 4.54. The highest BCUT2D eigenvalue weighted by atomic mass is 35.5. The number of anilines is 2. The Hall–Kier alpha value is -2.38. The van der Waals surface area contributed by atoms with Crippen molar-refractivity contribution < 1.29 is 9.18 Å². The molecule has 8 heteroatoms. The van der Waals surface area contributed by atoms with Crippen LogP contribution in [0.3, 0.4) is 0 Å². The van der Waals surface area contributed by atoms with Gasteiger partial charge in [0.15, 0.2) is 5.13 Å². The van der Waals surface area contributed by atoms with E-state index in [9.17, 15) is 9.18 Å². The summed E-state index contributed by atoms with van der Waals surface area (Å²) in [5.41, 5.74) is 1.36. The van der Waals surface area contributed by atoms with Gasteiger partial charge < -0.3 is 14.7 Å². The molecule has 0 aliphatic carbocycles. The molecule has 0 unspecified atom stereocenters. The largest absolute Gasteiger partial charge is 0.367 e. The highest BCUT2D eigenvalue weighted by Crippen LogP contribution is 2.30. The van der Waals surface area contributed by atoms with E-state index in [1.54, 1.807) is 11.0 Å². The minimum atomic E-state index is -0.338. The molecule has 1 fully saturated rings. The third-order valence-electron chi connectivity index (χ3n) is 4.88. The maximum atomic E-state index is 13.9. The lowest BCUT2D eigenvalue weighted by atomic mass is 10.2. The zero-order valence-corrected chi connectivity index (χ0v) is 17.0. The SMILES string of the molecule is CN(CC(=O)N1CCN(c2ccccc2Cl)CC1)c1nc2c(F)cccc2s1. The first-order chi connectivity index (χ1) is 13.5. The van der Waals surface area contributed by atoms with Gasteiger partial charge in [0, 0.05) is 33.2 Å². The van der Waals surface area contributed by atoms with Gasteiger partial charge in [-0.3, -0.25) is 4.79 Å². The van der Waals surface area contributed by atoms with E-state index in [-0.39, 0.29) is 18.3 Å². The first kappa shape index (κ1) is 19.0. The fraction of sp³-hybridized carbons (Fsp3) is 0.300. The molecule has 2 aromatic carbocycles. The van der Waals surface area contributed by atoms with Crippen molar-refractivity contribution in [2.45, 2.75) is 0 Å². The van der Waals surface area contributed by atoms with E-state index in [4.69, 9.17) is 11.6 Å². The van der Waals surface area contributed by atoms with E-state index < -0.39 is 0 Å². The number of nitrogens with zero attached hydrogens (tertiary/aromatic N) is 4. The number of para-hydroxylation sites is 2. The van der Waals surface area contributed by atoms with Crippen LogP contribution in [-0.4, -0.2) is 55.6 Å². The van der Waals surface area contributed by atoms with Crippen molar-refractivity contribution in [1.29, 1.82) is 0 Å². The number of halogens is 2. The molecule has 1 amide bonds. The van der Waals surface area contributed by atoms with E-state index in [0.717, 1.165) is 28.5 Å². The van der Waals surface area contributed by atoms with Gasteiger partial charge >= 0.3 is 0 Å². The third kappa shape index (κ3) is 3.77. The van der Waals surface area contributed by atoms with Crippen LogP contribution < -0.4 is 9.80 Å². The van der Waals surface area contributed by atoms with Crippen molar-refractivity contribution in [2.75, 3.05) is 49.6 Å². The van der Waals surface area contributed by atoms with Gasteiger partial charge in [0.25, 0.3) is 0 Å². The van der Waals surface area contributed by atoms with E-state index in [1.807, 2.05) is 42.3 Å². The van der Waals surface area contributed by atoms with Crippen LogP contribution in [0.5, 0.6) is 0 Å². The van der Waals surface area contributed by atoms with Crippen LogP contribution in [0.25, 0.3) is 10.2 Å². The topological polar surface area (TPSA) is 39.7 Å². The average molecular weight is 419 g/mol. The molecular weight excluding hydrogens is 399 g/mol. The van der Waals surface area contributed by atoms with Crippen molar-refractivity contribution >= 4 is 49.9 Å². The molecule has 0 spiro atoms. The van der Waals surface area contributed by atoms with E-state index in [0.29, 0.717) is 23.7 Å². The summed E-state index contributed by atoms with van der Waals surface area (Å²) in [5, 5.41) is 1.37. The number of likely N-dealkylation sites (N-methyl/N-ethyl adjacent to an activating group) is 1. The van der Waals surface area contributed by atoms with Crippen LogP contribution in [-0.2, 0) is 4.79 Å². The summed E-state index contributed by atoms with van der Waals surface area (Å²) >= 11 is 7.67. The molecule has 1 saturated heterocycles. The first-order valence-corrected chi connectivity index (χ1v) is 10.3. The second-order valence-corrected chi connectivity index (χ2v) is 8.17. The van der Waals surface area contributed by atoms with Gasteiger partial charge in [0.2, 0.25) is 5.91 Å². The minimum Gasteiger partial charge on any atom is -0.367 e. The highest BCUT2D eigenvalue weighted by Gasteiger charge is 2.24. The summed E-state index contributed by atoms with van der Waals surface area (Å²) in [4.78, 5) is 22.9. The number of rotatable bonds is 4. The molecule has 1 aliphatic rings. The van der Waals surface area contributed by atoms with Crippen molar-refractivity contribution in [3.63, 3.8) is 0 Å². The highest BCUT2D eigenvalue weighted by molar-refractivity contribution is 7.22. The van der Waals surface area contributed by atoms with Crippen LogP contribution in [0.2, 0.25) is 5.02 Å². The van der Waals surface area contributed by atoms with Gasteiger partial charge in [-0.15, -0.1) is 0 Å². The number of carbonyl (C=O) groups is 1. The second kappa shape index (κ2) is 7.93. The molecule has 4 rings (SSSR count). The number of fused-ring (bicyclic) bond motifs is 1. The number of hydrogen-bond acceptors (Lipinski definition) is 5. The van der Waals surface area contributed by atoms with Crippen molar-refractivity contribution in [3.05, 3.63) is 53.3 Å². The summed E-state index contributed by atoms with van der Waals surface area (Å²) in [7, 11) is 1.81. The Kier molecular flexibility index (Phi) is 5.37. The summed E-state index contributed by atoms with van der Waals surface area (Å²) in [6.07, 6.45) is 0. The number of benzene rings is 2. The van der Waals surface area contributed by atoms with E-state index in [1.165, 1.54) is 17.4 Å². The second-order valence-electron chi connectivity index (χ2n) is 6.76. The van der Waals surface area contributed by atoms with Gasteiger partial charge in [0.05, 0.1) is 22.0 Å². The predicted octanol–water partition coefficient (Wildman–Crippen LogP) is 3.87. The maximum absolute atomic E-state index is 13.9. The summed E-state index contributed by atoms with van der Waals surface area (Å²) in [6.45, 7) is 2.99. The molecule has 0 atom stereocenters. The number of aromatic nitrogens is 1. The van der Waals surface area contributed by atoms with Gasteiger partial charge in [-0.25, -0.2) is 9.37 Å². The smallest absolute Gasteiger partial charge is 0.242 e. The average Bonchev–Trinajstić information content (AvgIpc) is 3.14. The first-order valence-electron chi connectivity index (χ1n) is 9.06. The standard InChI is InChI=1S/C20H20ClFN4OS/c1-24(20-23-19-15(22)6-4-8-17(19)28-20)13-18(27)26-11-9-25(10-12-26)16-7-3-2-5-14(16)21/h2-8H,9-13H2,1H3. The predicted molar refractivity (Wildman–Crippen MR) is 113 cm³/mol. The van der Waals surface area contributed by atoms with Crippen LogP contribution in [0.15, 0.2) is 42.5 Å². The number of carbonyl (C=O) groups excluding carboxylic acids is 1. The number of thiazole rings is 1. The molecule has 0 N–H and O–H groups in total. The molecule has 146 valence electrons. The van der Waals surface area contributed by atoms with Gasteiger partial charge in [-0.05, 0) is 24.3 Å². The maximum Gasteiger partial charge on any atom is 0.242 e. The molecular formula is C20H20ClFN4OS. The number of piperazine rings is 1. The van der Waals surface area contributed by atoms with Crippen molar-refractivity contribution in [2.24, 2.45) is 0 Å². The molecule has 0 radical (unpaired) electrons. The molecule has 0 saturated carbocycles. The zero-order valence-electron chi connectivity index (χ0n) is 15.4. The molecule has 28 heavy (non-hydrogen) atoms. The fourth-order valence-electron chi connectivity index (χ4n) is 3.34. The Morgan fingerprint density at radius 2 is 1.93 bits per heavy atom. The van der Waals surface area contributed by atoms with Crippen LogP contribution in [0.4, 0.5) is 15.2 Å². The summed E-state index contributed by atoms with van der Waals surface area (Å²) < 4.78 is 14.6. The quantitative estimate of drug-likeness (QED) is 0.644. The Bertz CT molecular complexity index is 1000. The Labute approximate surface area is 171 Å². The van der Waals surface area contributed by atoms with Crippen LogP contribution in [0, 0.1) is 5.82 Å². The summed E-state index contributed by atoms with van der Waals surface area (Å²) in [6, 6.07) is 12.7. The third-order valence-corrected chi connectivity index (χ3v) is 6.34. The molecule has 2 heterocycles. The van der Waals surface area contributed by atoms with Crippen LogP contribution in [0.1, 0.15) is 0 Å². The lowest BCUT2D eigenvalue weighted by Crippen LogP contribution is -2.51. The van der Waals surface area contributed by atoms with Crippen molar-refractivity contribution in [1.82, 2.24) is 9.88 Å². The molecule has 0 bridgehead atoms. The summed E-state index contributed by atoms with van der Waals surface area (Å²) in [5.74, 6) is -0.295. The van der Waals surface area contributed by atoms with E-state index >= 15 is 0 Å². The Balaban J connectivity index is 1.37. The lowest BCUT2D eigenvalue weighted by molar-refractivity contribution is -0.129. The Morgan fingerprint density at radius 3 is 2.64 bits per heavy atom. The Morgan fingerprint density at radius 1 is 1.18 bits per heavy atom. The van der Waals surface area contributed by atoms with Crippen molar-refractivity contribution in [3.8, 4) is 0 Å². The number of amides is 1. The van der Waals surface area contributed by atoms with E-state index in [2.05, 4.69) is 9.88 Å². The lowest BCUT2D eigenvalue weighted by Gasteiger charge is -2.37. The van der Waals surface area contributed by atoms with Gasteiger partial charge in [-0.2, -0.15) is 0 Å².